The fraction of sp³-hybridized carbons (Fsp3) is 0.541. The summed E-state index contributed by atoms with van der Waals surface area (Å²) < 4.78 is 58.0. The quantitative estimate of drug-likeness (QED) is 0.0773. The van der Waals surface area contributed by atoms with Gasteiger partial charge in [-0.1, -0.05) is 20.3 Å². The van der Waals surface area contributed by atoms with E-state index in [0.717, 1.165) is 69.7 Å². The molecule has 0 spiro atoms. The van der Waals surface area contributed by atoms with Gasteiger partial charge in [0.05, 0.1) is 38.8 Å². The number of hydrogen-bond donors (Lipinski definition) is 4. The standard InChI is InChI=1S/C37H47F3N8O9/c1-22(2)30(50)46-35-45-29-28(32(52)47-35)43-24(20-42-29)21-48(34(54)37(38,39)40)25-11-9-23(10-12-25)31(51)44-27(33(53)55-3)14-13-26(49)8-7-18-56-36(57-19-17-41)15-5-4-6-16-36/h9-12,20,22,27H,4-8,13-19,21,41H2,1-3H3,(H,44,51)(H2,42,45,46,47,50,52)/t27-/m0/s1. The molecule has 0 unspecified atom stereocenters. The van der Waals surface area contributed by atoms with Crippen molar-refractivity contribution >= 4 is 52.3 Å². The molecule has 2 aromatic heterocycles. The lowest BCUT2D eigenvalue weighted by atomic mass is 9.94. The van der Waals surface area contributed by atoms with Crippen LogP contribution in [0.5, 0.6) is 0 Å². The molecule has 0 saturated heterocycles. The third kappa shape index (κ3) is 12.6. The largest absolute Gasteiger partial charge is 0.471 e. The molecule has 0 bridgehead atoms. The zero-order chi connectivity index (χ0) is 41.8. The second kappa shape index (κ2) is 20.2. The van der Waals surface area contributed by atoms with E-state index in [1.807, 2.05) is 0 Å². The number of nitrogens with zero attached hydrogens (tertiary/aromatic N) is 4. The van der Waals surface area contributed by atoms with Gasteiger partial charge in [0.1, 0.15) is 11.8 Å². The predicted molar refractivity (Wildman–Crippen MR) is 199 cm³/mol. The zero-order valence-electron chi connectivity index (χ0n) is 31.9. The number of H-pyrrole nitrogens is 1. The number of carbonyl (C=O) groups excluding carboxylic acids is 5. The van der Waals surface area contributed by atoms with Crippen LogP contribution in [0.1, 0.15) is 87.7 Å². The molecule has 4 rings (SSSR count). The van der Waals surface area contributed by atoms with Gasteiger partial charge in [-0.15, -0.1) is 0 Å². The van der Waals surface area contributed by atoms with Crippen LogP contribution in [0, 0.1) is 5.92 Å². The number of carbonyl (C=O) groups is 5. The minimum absolute atomic E-state index is 0.0578. The van der Waals surface area contributed by atoms with E-state index < -0.39 is 59.7 Å². The number of anilines is 2. The summed E-state index contributed by atoms with van der Waals surface area (Å²) in [5.74, 6) is -5.80. The number of ether oxygens (including phenoxy) is 3. The maximum atomic E-state index is 13.7. The number of methoxy groups -OCH3 is 1. The van der Waals surface area contributed by atoms with E-state index in [1.54, 1.807) is 13.8 Å². The van der Waals surface area contributed by atoms with E-state index in [0.29, 0.717) is 31.1 Å². The Balaban J connectivity index is 1.40. The second-order valence-electron chi connectivity index (χ2n) is 13.7. The summed E-state index contributed by atoms with van der Waals surface area (Å²) in [5.41, 5.74) is 3.63. The van der Waals surface area contributed by atoms with Gasteiger partial charge in [0.25, 0.3) is 11.5 Å². The van der Waals surface area contributed by atoms with Gasteiger partial charge in [-0.25, -0.2) is 14.8 Å². The Bertz CT molecular complexity index is 1950. The first-order chi connectivity index (χ1) is 27.1. The minimum atomic E-state index is -5.32. The van der Waals surface area contributed by atoms with Gasteiger partial charge in [0.2, 0.25) is 11.9 Å². The Kier molecular flexibility index (Phi) is 15.7. The maximum absolute atomic E-state index is 13.7. The van der Waals surface area contributed by atoms with Gasteiger partial charge in [0.15, 0.2) is 17.0 Å². The molecule has 5 N–H and O–H groups in total. The van der Waals surface area contributed by atoms with Crippen molar-refractivity contribution in [2.45, 2.75) is 96.2 Å². The molecule has 1 atom stereocenters. The Morgan fingerprint density at radius 3 is 2.32 bits per heavy atom. The molecule has 0 radical (unpaired) electrons. The van der Waals surface area contributed by atoms with Crippen LogP contribution in [0.2, 0.25) is 0 Å². The highest BCUT2D eigenvalue weighted by molar-refractivity contribution is 5.99. The summed E-state index contributed by atoms with van der Waals surface area (Å²) in [6.07, 6.45) is 0.698. The van der Waals surface area contributed by atoms with E-state index in [4.69, 9.17) is 19.9 Å². The van der Waals surface area contributed by atoms with Crippen LogP contribution in [0.25, 0.3) is 11.2 Å². The number of aromatic amines is 1. The van der Waals surface area contributed by atoms with Crippen molar-refractivity contribution in [1.82, 2.24) is 25.3 Å². The Hall–Kier alpha value is -5.34. The summed E-state index contributed by atoms with van der Waals surface area (Å²) in [6.45, 7) is 3.49. The molecule has 1 aliphatic rings. The Morgan fingerprint density at radius 1 is 1.00 bits per heavy atom. The molecule has 57 heavy (non-hydrogen) atoms. The molecule has 1 aromatic carbocycles. The van der Waals surface area contributed by atoms with Gasteiger partial charge in [0, 0.05) is 49.4 Å². The van der Waals surface area contributed by atoms with Crippen molar-refractivity contribution in [2.24, 2.45) is 11.7 Å². The molecule has 3 aromatic rings. The molecule has 17 nitrogen and oxygen atoms in total. The van der Waals surface area contributed by atoms with Gasteiger partial charge < -0.3 is 25.3 Å². The number of ketones is 1. The van der Waals surface area contributed by atoms with Gasteiger partial charge in [-0.3, -0.25) is 39.2 Å². The molecule has 1 saturated carbocycles. The molecule has 1 aliphatic carbocycles. The molecule has 310 valence electrons. The first-order valence-corrected chi connectivity index (χ1v) is 18.5. The molecule has 1 fully saturated rings. The third-order valence-corrected chi connectivity index (χ3v) is 9.05. The molecular weight excluding hydrogens is 757 g/mol. The molecule has 20 heteroatoms. The first kappa shape index (κ1) is 44.4. The lowest BCUT2D eigenvalue weighted by molar-refractivity contribution is -0.251. The van der Waals surface area contributed by atoms with Crippen molar-refractivity contribution in [1.29, 1.82) is 0 Å². The van der Waals surface area contributed by atoms with Gasteiger partial charge >= 0.3 is 18.1 Å². The van der Waals surface area contributed by atoms with Crippen LogP contribution >= 0.6 is 0 Å². The predicted octanol–water partition coefficient (Wildman–Crippen LogP) is 3.46. The van der Waals surface area contributed by atoms with Crippen molar-refractivity contribution in [3.8, 4) is 0 Å². The number of nitrogens with two attached hydrogens (primary N) is 1. The smallest absolute Gasteiger partial charge is 0.467 e. The number of alkyl halides is 3. The van der Waals surface area contributed by atoms with Crippen LogP contribution in [-0.4, -0.2) is 94.3 Å². The number of rotatable bonds is 19. The highest BCUT2D eigenvalue weighted by Gasteiger charge is 2.43. The van der Waals surface area contributed by atoms with Crippen LogP contribution in [0.15, 0.2) is 35.3 Å². The summed E-state index contributed by atoms with van der Waals surface area (Å²) in [7, 11) is 1.12. The number of aromatic nitrogens is 4. The number of esters is 1. The Labute approximate surface area is 325 Å². The van der Waals surface area contributed by atoms with Crippen LogP contribution in [-0.2, 0) is 39.9 Å². The normalized spacial score (nSPS) is 14.5. The van der Waals surface area contributed by atoms with Crippen molar-refractivity contribution in [2.75, 3.05) is 37.1 Å². The lowest BCUT2D eigenvalue weighted by Crippen LogP contribution is -2.42. The number of halogens is 3. The van der Waals surface area contributed by atoms with E-state index in [2.05, 4.69) is 30.6 Å². The fourth-order valence-electron chi connectivity index (χ4n) is 5.99. The molecular formula is C37H47F3N8O9. The average Bonchev–Trinajstić information content (AvgIpc) is 3.19. The zero-order valence-corrected chi connectivity index (χ0v) is 31.9. The summed E-state index contributed by atoms with van der Waals surface area (Å²) >= 11 is 0. The first-order valence-electron chi connectivity index (χ1n) is 18.5. The van der Waals surface area contributed by atoms with Crippen molar-refractivity contribution < 1.29 is 51.4 Å². The lowest BCUT2D eigenvalue weighted by Gasteiger charge is -2.37. The maximum Gasteiger partial charge on any atom is 0.471 e. The van der Waals surface area contributed by atoms with E-state index in [1.165, 1.54) is 0 Å². The number of amides is 3. The summed E-state index contributed by atoms with van der Waals surface area (Å²) in [4.78, 5) is 90.4. The van der Waals surface area contributed by atoms with Crippen molar-refractivity contribution in [3.63, 3.8) is 0 Å². The third-order valence-electron chi connectivity index (χ3n) is 9.05. The topological polar surface area (TPSA) is 238 Å². The molecule has 3 amide bonds. The molecule has 2 heterocycles. The number of fused-ring (bicyclic) bond motifs is 1. The van der Waals surface area contributed by atoms with Crippen LogP contribution < -0.4 is 26.8 Å². The highest BCUT2D eigenvalue weighted by atomic mass is 19.4. The van der Waals surface area contributed by atoms with Crippen molar-refractivity contribution in [3.05, 3.63) is 52.1 Å². The number of benzene rings is 1. The number of Topliss-reactive ketones (excluding diaryl/α,β-unsaturated/α-hetero) is 1. The van der Waals surface area contributed by atoms with Gasteiger partial charge in [-0.05, 0) is 49.9 Å². The van der Waals surface area contributed by atoms with Crippen LogP contribution in [0.4, 0.5) is 24.8 Å². The second-order valence-corrected chi connectivity index (χ2v) is 13.7. The monoisotopic (exact) mass is 804 g/mol. The Morgan fingerprint density at radius 2 is 1.68 bits per heavy atom. The summed E-state index contributed by atoms with van der Waals surface area (Å²) in [5, 5.41) is 4.91. The van der Waals surface area contributed by atoms with E-state index in [9.17, 15) is 41.9 Å². The van der Waals surface area contributed by atoms with Gasteiger partial charge in [-0.2, -0.15) is 18.2 Å². The SMILES string of the molecule is COC(=O)[C@H](CCC(=O)CCCOC1(OCCN)CCCCC1)NC(=O)c1ccc(N(Cc2cnc3nc(NC(=O)C(C)C)[nH]c(=O)c3n2)C(=O)C(F)(F)F)cc1. The summed E-state index contributed by atoms with van der Waals surface area (Å²) in [6, 6.07) is 3.24. The fourth-order valence-corrected chi connectivity index (χ4v) is 5.99. The van der Waals surface area contributed by atoms with E-state index >= 15 is 0 Å². The number of hydrogen-bond acceptors (Lipinski definition) is 13. The average molecular weight is 805 g/mol. The minimum Gasteiger partial charge on any atom is -0.467 e. The highest BCUT2D eigenvalue weighted by Crippen LogP contribution is 2.33. The molecule has 0 aliphatic heterocycles. The van der Waals surface area contributed by atoms with E-state index in [-0.39, 0.29) is 59.1 Å². The van der Waals surface area contributed by atoms with Crippen LogP contribution in [0.3, 0.4) is 0 Å². The number of nitrogens with one attached hydrogen (secondary N) is 3.